The highest BCUT2D eigenvalue weighted by Gasteiger charge is 2.18. The molecule has 0 aliphatic carbocycles. The Kier molecular flexibility index (Phi) is 4.77. The Morgan fingerprint density at radius 2 is 1.92 bits per heavy atom. The van der Waals surface area contributed by atoms with Crippen molar-refractivity contribution in [2.75, 3.05) is 18.6 Å². The lowest BCUT2D eigenvalue weighted by atomic mass is 10.2. The molecule has 2 aromatic carbocycles. The van der Waals surface area contributed by atoms with Crippen molar-refractivity contribution in [3.63, 3.8) is 0 Å². The van der Waals surface area contributed by atoms with E-state index in [1.807, 2.05) is 30.3 Å². The van der Waals surface area contributed by atoms with Gasteiger partial charge in [0.25, 0.3) is 5.91 Å². The Hall–Kier alpha value is -3.59. The number of anilines is 1. The molecule has 1 aromatic heterocycles. The number of hydrogen-bond donors (Lipinski definition) is 0. The molecular formula is C19H16N4O2. The monoisotopic (exact) mass is 332 g/mol. The molecule has 0 N–H and O–H groups in total. The summed E-state index contributed by atoms with van der Waals surface area (Å²) in [6, 6.07) is 16.6. The van der Waals surface area contributed by atoms with Crippen LogP contribution in [-0.4, -0.2) is 34.3 Å². The number of benzene rings is 2. The first-order valence-electron chi connectivity index (χ1n) is 7.60. The van der Waals surface area contributed by atoms with Gasteiger partial charge in [-0.2, -0.15) is 0 Å². The van der Waals surface area contributed by atoms with Gasteiger partial charge in [0.05, 0.1) is 5.69 Å². The molecule has 1 amide bonds. The van der Waals surface area contributed by atoms with Gasteiger partial charge in [-0.25, -0.2) is 9.67 Å². The summed E-state index contributed by atoms with van der Waals surface area (Å²) in [5.74, 6) is 2.88. The fraction of sp³-hybridized carbons (Fsp3) is 0.105. The van der Waals surface area contributed by atoms with Crippen LogP contribution < -0.4 is 9.64 Å². The molecule has 0 fully saturated rings. The van der Waals surface area contributed by atoms with Gasteiger partial charge in [-0.3, -0.25) is 4.79 Å². The average molecular weight is 332 g/mol. The molecule has 0 aliphatic heterocycles. The Labute approximate surface area is 145 Å². The highest BCUT2D eigenvalue weighted by atomic mass is 16.5. The third kappa shape index (κ3) is 3.67. The van der Waals surface area contributed by atoms with Crippen molar-refractivity contribution in [1.29, 1.82) is 0 Å². The van der Waals surface area contributed by atoms with Crippen LogP contribution in [0.2, 0.25) is 0 Å². The molecule has 1 heterocycles. The average Bonchev–Trinajstić information content (AvgIpc) is 3.16. The number of amides is 1. The SMILES string of the molecule is C#CCOc1ccc(N(C)C(=O)c2ncn(-c3ccccc3)n2)cc1. The molecule has 0 atom stereocenters. The second-order valence-electron chi connectivity index (χ2n) is 5.20. The number of rotatable bonds is 5. The normalized spacial score (nSPS) is 10.1. The summed E-state index contributed by atoms with van der Waals surface area (Å²) in [7, 11) is 1.67. The maximum absolute atomic E-state index is 12.6. The van der Waals surface area contributed by atoms with E-state index in [9.17, 15) is 4.79 Å². The lowest BCUT2D eigenvalue weighted by molar-refractivity contribution is 0.0983. The fourth-order valence-corrected chi connectivity index (χ4v) is 2.22. The summed E-state index contributed by atoms with van der Waals surface area (Å²) < 4.78 is 6.89. The third-order valence-corrected chi connectivity index (χ3v) is 3.55. The van der Waals surface area contributed by atoms with Crippen LogP contribution in [0.1, 0.15) is 10.6 Å². The van der Waals surface area contributed by atoms with Crippen molar-refractivity contribution in [2.45, 2.75) is 0 Å². The molecule has 0 bridgehead atoms. The standard InChI is InChI=1S/C19H16N4O2/c1-3-13-25-17-11-9-15(10-12-17)22(2)19(24)18-20-14-23(21-18)16-7-5-4-6-8-16/h1,4-12,14H,13H2,2H3. The predicted molar refractivity (Wildman–Crippen MR) is 94.9 cm³/mol. The Morgan fingerprint density at radius 3 is 2.60 bits per heavy atom. The molecular weight excluding hydrogens is 316 g/mol. The highest BCUT2D eigenvalue weighted by Crippen LogP contribution is 2.19. The third-order valence-electron chi connectivity index (χ3n) is 3.55. The first-order chi connectivity index (χ1) is 12.2. The predicted octanol–water partition coefficient (Wildman–Crippen LogP) is 2.56. The van der Waals surface area contributed by atoms with Crippen molar-refractivity contribution in [3.8, 4) is 23.8 Å². The second kappa shape index (κ2) is 7.32. The topological polar surface area (TPSA) is 60.2 Å². The Balaban J connectivity index is 1.74. The van der Waals surface area contributed by atoms with Gasteiger partial charge in [-0.05, 0) is 36.4 Å². The number of carbonyl (C=O) groups excluding carboxylic acids is 1. The van der Waals surface area contributed by atoms with E-state index in [0.29, 0.717) is 11.4 Å². The zero-order valence-corrected chi connectivity index (χ0v) is 13.7. The molecule has 0 spiro atoms. The molecule has 6 heteroatoms. The van der Waals surface area contributed by atoms with Gasteiger partial charge in [-0.1, -0.05) is 24.1 Å². The van der Waals surface area contributed by atoms with Crippen molar-refractivity contribution >= 4 is 11.6 Å². The van der Waals surface area contributed by atoms with E-state index in [1.54, 1.807) is 36.0 Å². The van der Waals surface area contributed by atoms with Crippen molar-refractivity contribution < 1.29 is 9.53 Å². The highest BCUT2D eigenvalue weighted by molar-refractivity contribution is 6.03. The maximum atomic E-state index is 12.6. The molecule has 124 valence electrons. The second-order valence-corrected chi connectivity index (χ2v) is 5.20. The lowest BCUT2D eigenvalue weighted by Gasteiger charge is -2.15. The minimum atomic E-state index is -0.299. The van der Waals surface area contributed by atoms with Gasteiger partial charge in [0.2, 0.25) is 5.82 Å². The van der Waals surface area contributed by atoms with Gasteiger partial charge >= 0.3 is 0 Å². The van der Waals surface area contributed by atoms with Crippen LogP contribution >= 0.6 is 0 Å². The van der Waals surface area contributed by atoms with Crippen LogP contribution in [0.25, 0.3) is 5.69 Å². The summed E-state index contributed by atoms with van der Waals surface area (Å²) in [5.41, 5.74) is 1.54. The number of aromatic nitrogens is 3. The first-order valence-corrected chi connectivity index (χ1v) is 7.60. The summed E-state index contributed by atoms with van der Waals surface area (Å²) in [4.78, 5) is 18.2. The lowest BCUT2D eigenvalue weighted by Crippen LogP contribution is -2.27. The van der Waals surface area contributed by atoms with E-state index in [0.717, 1.165) is 5.69 Å². The molecule has 0 unspecified atom stereocenters. The van der Waals surface area contributed by atoms with Crippen LogP contribution in [0.3, 0.4) is 0 Å². The molecule has 0 radical (unpaired) electrons. The number of carbonyl (C=O) groups is 1. The van der Waals surface area contributed by atoms with Gasteiger partial charge in [-0.15, -0.1) is 11.5 Å². The van der Waals surface area contributed by atoms with Gasteiger partial charge in [0, 0.05) is 12.7 Å². The Morgan fingerprint density at radius 1 is 1.20 bits per heavy atom. The van der Waals surface area contributed by atoms with Gasteiger partial charge in [0.15, 0.2) is 0 Å². The van der Waals surface area contributed by atoms with E-state index in [-0.39, 0.29) is 18.3 Å². The van der Waals surface area contributed by atoms with Crippen LogP contribution in [0, 0.1) is 12.3 Å². The summed E-state index contributed by atoms with van der Waals surface area (Å²) in [6.45, 7) is 0.203. The first kappa shape index (κ1) is 16.3. The number of ether oxygens (including phenoxy) is 1. The molecule has 3 aromatic rings. The van der Waals surface area contributed by atoms with Crippen molar-refractivity contribution in [1.82, 2.24) is 14.8 Å². The van der Waals surface area contributed by atoms with Gasteiger partial charge in [0.1, 0.15) is 18.7 Å². The van der Waals surface area contributed by atoms with Crippen molar-refractivity contribution in [3.05, 3.63) is 66.7 Å². The maximum Gasteiger partial charge on any atom is 0.297 e. The van der Waals surface area contributed by atoms with Crippen LogP contribution in [0.4, 0.5) is 5.69 Å². The van der Waals surface area contributed by atoms with E-state index < -0.39 is 0 Å². The van der Waals surface area contributed by atoms with E-state index in [1.165, 1.54) is 11.2 Å². The zero-order chi connectivity index (χ0) is 17.6. The van der Waals surface area contributed by atoms with Gasteiger partial charge < -0.3 is 9.64 Å². The number of hydrogen-bond acceptors (Lipinski definition) is 4. The number of para-hydroxylation sites is 1. The minimum absolute atomic E-state index is 0.124. The fourth-order valence-electron chi connectivity index (χ4n) is 2.22. The molecule has 3 rings (SSSR count). The Bertz CT molecular complexity index is 895. The van der Waals surface area contributed by atoms with Crippen LogP contribution in [-0.2, 0) is 0 Å². The van der Waals surface area contributed by atoms with E-state index in [4.69, 9.17) is 11.2 Å². The number of nitrogens with zero attached hydrogens (tertiary/aromatic N) is 4. The summed E-state index contributed by atoms with van der Waals surface area (Å²) >= 11 is 0. The molecule has 0 aliphatic rings. The van der Waals surface area contributed by atoms with Crippen LogP contribution in [0.5, 0.6) is 5.75 Å². The minimum Gasteiger partial charge on any atom is -0.481 e. The zero-order valence-electron chi connectivity index (χ0n) is 13.7. The van der Waals surface area contributed by atoms with E-state index >= 15 is 0 Å². The molecule has 25 heavy (non-hydrogen) atoms. The summed E-state index contributed by atoms with van der Waals surface area (Å²) in [5, 5.41) is 4.25. The molecule has 6 nitrogen and oxygen atoms in total. The molecule has 0 saturated carbocycles. The summed E-state index contributed by atoms with van der Waals surface area (Å²) in [6.07, 6.45) is 6.68. The quantitative estimate of drug-likeness (QED) is 0.674. The van der Waals surface area contributed by atoms with Crippen LogP contribution in [0.15, 0.2) is 60.9 Å². The van der Waals surface area contributed by atoms with Crippen molar-refractivity contribution in [2.24, 2.45) is 0 Å². The number of terminal acetylenes is 1. The van der Waals surface area contributed by atoms with E-state index in [2.05, 4.69) is 16.0 Å². The molecule has 0 saturated heterocycles. The largest absolute Gasteiger partial charge is 0.481 e. The smallest absolute Gasteiger partial charge is 0.297 e.